The lowest BCUT2D eigenvalue weighted by Crippen LogP contribution is -2.44. The van der Waals surface area contributed by atoms with Crippen molar-refractivity contribution >= 4 is 17.5 Å². The Balaban J connectivity index is 2.51. The van der Waals surface area contributed by atoms with E-state index in [1.54, 1.807) is 0 Å². The first kappa shape index (κ1) is 13.0. The zero-order chi connectivity index (χ0) is 12.1. The molecule has 1 atom stereocenters. The van der Waals surface area contributed by atoms with Gasteiger partial charge in [-0.3, -0.25) is 4.79 Å². The summed E-state index contributed by atoms with van der Waals surface area (Å²) in [5.41, 5.74) is 11.7. The van der Waals surface area contributed by atoms with Gasteiger partial charge in [-0.2, -0.15) is 0 Å². The molecule has 0 aliphatic carbocycles. The molecule has 0 saturated heterocycles. The highest BCUT2D eigenvalue weighted by molar-refractivity contribution is 6.30. The van der Waals surface area contributed by atoms with Gasteiger partial charge < -0.3 is 16.4 Å². The van der Waals surface area contributed by atoms with E-state index in [4.69, 9.17) is 23.1 Å². The van der Waals surface area contributed by atoms with Crippen molar-refractivity contribution in [2.45, 2.75) is 12.6 Å². The molecule has 88 valence electrons. The maximum Gasteiger partial charge on any atom is 0.235 e. The minimum atomic E-state index is -0.635. The molecular weight excluding hydrogens is 226 g/mol. The van der Waals surface area contributed by atoms with Crippen LogP contribution < -0.4 is 11.5 Å². The van der Waals surface area contributed by atoms with Crippen LogP contribution in [0.15, 0.2) is 24.3 Å². The Kier molecular flexibility index (Phi) is 4.73. The number of primary amides is 1. The lowest BCUT2D eigenvalue weighted by molar-refractivity contribution is -0.119. The summed E-state index contributed by atoms with van der Waals surface area (Å²) in [5.74, 6) is -0.488. The van der Waals surface area contributed by atoms with E-state index in [1.807, 2.05) is 36.2 Å². The fraction of sp³-hybridized carbons (Fsp3) is 0.364. The Morgan fingerprint density at radius 1 is 1.56 bits per heavy atom. The topological polar surface area (TPSA) is 72.3 Å². The van der Waals surface area contributed by atoms with Gasteiger partial charge in [0.2, 0.25) is 5.91 Å². The van der Waals surface area contributed by atoms with Crippen molar-refractivity contribution in [1.82, 2.24) is 4.90 Å². The number of nitrogens with two attached hydrogens (primary N) is 2. The van der Waals surface area contributed by atoms with Crippen LogP contribution in [0.1, 0.15) is 5.56 Å². The van der Waals surface area contributed by atoms with Gasteiger partial charge in [-0.15, -0.1) is 0 Å². The summed E-state index contributed by atoms with van der Waals surface area (Å²) in [5, 5.41) is 0.699. The van der Waals surface area contributed by atoms with Gasteiger partial charge in [0, 0.05) is 18.1 Å². The number of rotatable bonds is 5. The zero-order valence-electron chi connectivity index (χ0n) is 9.19. The van der Waals surface area contributed by atoms with Crippen LogP contribution in [0.3, 0.4) is 0 Å². The van der Waals surface area contributed by atoms with Crippen molar-refractivity contribution in [3.05, 3.63) is 34.9 Å². The molecule has 1 unspecified atom stereocenters. The third-order valence-electron chi connectivity index (χ3n) is 2.22. The van der Waals surface area contributed by atoms with E-state index >= 15 is 0 Å². The first-order valence-corrected chi connectivity index (χ1v) is 5.34. The van der Waals surface area contributed by atoms with Crippen molar-refractivity contribution in [3.63, 3.8) is 0 Å². The van der Waals surface area contributed by atoms with Crippen LogP contribution >= 0.6 is 11.6 Å². The Bertz CT molecular complexity index is 370. The van der Waals surface area contributed by atoms with Gasteiger partial charge in [0.05, 0.1) is 6.04 Å². The van der Waals surface area contributed by atoms with Crippen LogP contribution in [0, 0.1) is 0 Å². The first-order valence-electron chi connectivity index (χ1n) is 4.97. The van der Waals surface area contributed by atoms with E-state index in [0.29, 0.717) is 18.1 Å². The summed E-state index contributed by atoms with van der Waals surface area (Å²) < 4.78 is 0. The lowest BCUT2D eigenvalue weighted by atomic mass is 10.2. The Hall–Kier alpha value is -1.10. The largest absolute Gasteiger partial charge is 0.368 e. The first-order chi connectivity index (χ1) is 7.49. The highest BCUT2D eigenvalue weighted by atomic mass is 35.5. The average Bonchev–Trinajstić information content (AvgIpc) is 2.16. The molecule has 1 aromatic carbocycles. The Morgan fingerprint density at radius 3 is 2.81 bits per heavy atom. The van der Waals surface area contributed by atoms with E-state index < -0.39 is 11.9 Å². The fourth-order valence-corrected chi connectivity index (χ4v) is 1.65. The van der Waals surface area contributed by atoms with Gasteiger partial charge in [-0.25, -0.2) is 0 Å². The summed E-state index contributed by atoms with van der Waals surface area (Å²) in [7, 11) is 1.88. The minimum absolute atomic E-state index is 0.432. The van der Waals surface area contributed by atoms with Gasteiger partial charge in [0.25, 0.3) is 0 Å². The Labute approximate surface area is 100 Å². The second-order valence-electron chi connectivity index (χ2n) is 3.84. The van der Waals surface area contributed by atoms with Crippen LogP contribution in [-0.4, -0.2) is 30.4 Å². The average molecular weight is 242 g/mol. The second-order valence-corrected chi connectivity index (χ2v) is 4.27. The molecule has 4 nitrogen and oxygen atoms in total. The molecule has 1 aromatic rings. The number of likely N-dealkylation sites (N-methyl/N-ethyl adjacent to an activating group) is 1. The van der Waals surface area contributed by atoms with E-state index in [-0.39, 0.29) is 0 Å². The van der Waals surface area contributed by atoms with Crippen molar-refractivity contribution in [1.29, 1.82) is 0 Å². The maximum atomic E-state index is 10.8. The molecule has 0 bridgehead atoms. The summed E-state index contributed by atoms with van der Waals surface area (Å²) in [4.78, 5) is 12.7. The van der Waals surface area contributed by atoms with Crippen LogP contribution in [0.2, 0.25) is 5.02 Å². The van der Waals surface area contributed by atoms with Gasteiger partial charge in [0.15, 0.2) is 0 Å². The number of nitrogens with zero attached hydrogens (tertiary/aromatic N) is 1. The Morgan fingerprint density at radius 2 is 2.25 bits per heavy atom. The van der Waals surface area contributed by atoms with Gasteiger partial charge >= 0.3 is 0 Å². The molecule has 16 heavy (non-hydrogen) atoms. The number of hydrogen-bond acceptors (Lipinski definition) is 3. The third-order valence-corrected chi connectivity index (χ3v) is 2.45. The predicted octanol–water partition coefficient (Wildman–Crippen LogP) is 0.584. The summed E-state index contributed by atoms with van der Waals surface area (Å²) in [6.07, 6.45) is 0. The molecule has 0 fully saturated rings. The van der Waals surface area contributed by atoms with E-state index in [1.165, 1.54) is 0 Å². The number of halogens is 1. The molecule has 0 radical (unpaired) electrons. The highest BCUT2D eigenvalue weighted by Gasteiger charge is 2.12. The quantitative estimate of drug-likeness (QED) is 0.792. The lowest BCUT2D eigenvalue weighted by Gasteiger charge is -2.19. The molecule has 0 spiro atoms. The number of carbonyl (C=O) groups excluding carboxylic acids is 1. The molecule has 1 amide bonds. The molecule has 5 heteroatoms. The molecule has 4 N–H and O–H groups in total. The van der Waals surface area contributed by atoms with E-state index in [0.717, 1.165) is 5.56 Å². The van der Waals surface area contributed by atoms with Gasteiger partial charge in [-0.1, -0.05) is 23.7 Å². The van der Waals surface area contributed by atoms with Crippen LogP contribution in [0.4, 0.5) is 0 Å². The number of benzene rings is 1. The molecule has 0 aromatic heterocycles. The van der Waals surface area contributed by atoms with Gasteiger partial charge in [-0.05, 0) is 24.7 Å². The predicted molar refractivity (Wildman–Crippen MR) is 65.0 cm³/mol. The standard InChI is InChI=1S/C11H16ClN3O/c1-15(7-10(13)11(14)16)6-8-3-2-4-9(12)5-8/h2-5,10H,6-7,13H2,1H3,(H2,14,16). The molecule has 0 aliphatic rings. The summed E-state index contributed by atoms with van der Waals surface area (Å²) in [6, 6.07) is 6.93. The van der Waals surface area contributed by atoms with Crippen LogP contribution in [-0.2, 0) is 11.3 Å². The third kappa shape index (κ3) is 4.18. The normalized spacial score (nSPS) is 12.8. The van der Waals surface area contributed by atoms with Crippen molar-refractivity contribution in [3.8, 4) is 0 Å². The second kappa shape index (κ2) is 5.84. The molecule has 1 rings (SSSR count). The van der Waals surface area contributed by atoms with E-state index in [9.17, 15) is 4.79 Å². The number of amides is 1. The monoisotopic (exact) mass is 241 g/mol. The zero-order valence-corrected chi connectivity index (χ0v) is 9.95. The minimum Gasteiger partial charge on any atom is -0.368 e. The molecule has 0 aliphatic heterocycles. The number of carbonyl (C=O) groups is 1. The summed E-state index contributed by atoms with van der Waals surface area (Å²) in [6.45, 7) is 1.11. The summed E-state index contributed by atoms with van der Waals surface area (Å²) >= 11 is 5.87. The van der Waals surface area contributed by atoms with Crippen LogP contribution in [0.5, 0.6) is 0 Å². The SMILES string of the molecule is CN(Cc1cccc(Cl)c1)CC(N)C(N)=O. The highest BCUT2D eigenvalue weighted by Crippen LogP contribution is 2.11. The van der Waals surface area contributed by atoms with Crippen molar-refractivity contribution in [2.24, 2.45) is 11.5 Å². The smallest absolute Gasteiger partial charge is 0.235 e. The maximum absolute atomic E-state index is 10.8. The van der Waals surface area contributed by atoms with Crippen molar-refractivity contribution in [2.75, 3.05) is 13.6 Å². The van der Waals surface area contributed by atoms with E-state index in [2.05, 4.69) is 0 Å². The fourth-order valence-electron chi connectivity index (χ4n) is 1.44. The van der Waals surface area contributed by atoms with Crippen LogP contribution in [0.25, 0.3) is 0 Å². The van der Waals surface area contributed by atoms with Gasteiger partial charge in [0.1, 0.15) is 0 Å². The molecular formula is C11H16ClN3O. The molecule has 0 saturated carbocycles. The molecule has 0 heterocycles. The number of hydrogen-bond donors (Lipinski definition) is 2. The van der Waals surface area contributed by atoms with Crippen molar-refractivity contribution < 1.29 is 4.79 Å².